The van der Waals surface area contributed by atoms with Gasteiger partial charge in [0.1, 0.15) is 0 Å². The molecule has 0 saturated carbocycles. The highest BCUT2D eigenvalue weighted by Crippen LogP contribution is 2.30. The van der Waals surface area contributed by atoms with Crippen molar-refractivity contribution >= 4 is 0 Å². The van der Waals surface area contributed by atoms with Crippen LogP contribution in [-0.2, 0) is 6.42 Å². The Morgan fingerprint density at radius 1 is 0.952 bits per heavy atom. The lowest BCUT2D eigenvalue weighted by atomic mass is 9.91. The Labute approximate surface area is 126 Å². The SMILES string of the molecule is COc1ccc(CC(C)C(O)c2ccccc2)cc1OC. The van der Waals surface area contributed by atoms with Crippen LogP contribution < -0.4 is 9.47 Å². The van der Waals surface area contributed by atoms with Gasteiger partial charge in [0, 0.05) is 0 Å². The van der Waals surface area contributed by atoms with Crippen LogP contribution >= 0.6 is 0 Å². The minimum Gasteiger partial charge on any atom is -0.493 e. The lowest BCUT2D eigenvalue weighted by Crippen LogP contribution is -2.12. The van der Waals surface area contributed by atoms with Crippen molar-refractivity contribution in [2.75, 3.05) is 14.2 Å². The van der Waals surface area contributed by atoms with Crippen LogP contribution in [0.15, 0.2) is 48.5 Å². The summed E-state index contributed by atoms with van der Waals surface area (Å²) < 4.78 is 10.6. The molecule has 21 heavy (non-hydrogen) atoms. The Morgan fingerprint density at radius 2 is 1.62 bits per heavy atom. The van der Waals surface area contributed by atoms with Gasteiger partial charge in [0.05, 0.1) is 20.3 Å². The number of benzene rings is 2. The van der Waals surface area contributed by atoms with Gasteiger partial charge in [0.2, 0.25) is 0 Å². The van der Waals surface area contributed by atoms with Crippen LogP contribution in [-0.4, -0.2) is 19.3 Å². The normalized spacial score (nSPS) is 13.5. The van der Waals surface area contributed by atoms with Crippen molar-refractivity contribution in [3.8, 4) is 11.5 Å². The first kappa shape index (κ1) is 15.4. The molecule has 0 fully saturated rings. The van der Waals surface area contributed by atoms with Crippen LogP contribution in [0.25, 0.3) is 0 Å². The summed E-state index contributed by atoms with van der Waals surface area (Å²) in [6.45, 7) is 2.05. The Hall–Kier alpha value is -2.00. The van der Waals surface area contributed by atoms with Crippen molar-refractivity contribution in [1.82, 2.24) is 0 Å². The van der Waals surface area contributed by atoms with E-state index in [-0.39, 0.29) is 5.92 Å². The fourth-order valence-electron chi connectivity index (χ4n) is 2.47. The van der Waals surface area contributed by atoms with E-state index in [0.29, 0.717) is 0 Å². The minimum absolute atomic E-state index is 0.116. The van der Waals surface area contributed by atoms with Crippen LogP contribution in [0.5, 0.6) is 11.5 Å². The fourth-order valence-corrected chi connectivity index (χ4v) is 2.47. The molecule has 0 amide bonds. The van der Waals surface area contributed by atoms with Crippen molar-refractivity contribution in [2.45, 2.75) is 19.4 Å². The summed E-state index contributed by atoms with van der Waals surface area (Å²) >= 11 is 0. The first-order valence-corrected chi connectivity index (χ1v) is 7.09. The van der Waals surface area contributed by atoms with Gasteiger partial charge in [-0.15, -0.1) is 0 Å². The van der Waals surface area contributed by atoms with Gasteiger partial charge < -0.3 is 14.6 Å². The standard InChI is InChI=1S/C18H22O3/c1-13(18(19)15-7-5-4-6-8-15)11-14-9-10-16(20-2)17(12-14)21-3/h4-10,12-13,18-19H,11H2,1-3H3. The van der Waals surface area contributed by atoms with E-state index in [0.717, 1.165) is 29.0 Å². The van der Waals surface area contributed by atoms with Crippen LogP contribution in [0.1, 0.15) is 24.2 Å². The van der Waals surface area contributed by atoms with Gasteiger partial charge in [-0.1, -0.05) is 43.3 Å². The zero-order valence-corrected chi connectivity index (χ0v) is 12.7. The molecule has 0 aliphatic heterocycles. The molecule has 0 aliphatic carbocycles. The molecule has 0 bridgehead atoms. The maximum Gasteiger partial charge on any atom is 0.160 e. The molecule has 3 heteroatoms. The summed E-state index contributed by atoms with van der Waals surface area (Å²) in [5, 5.41) is 10.4. The second-order valence-electron chi connectivity index (χ2n) is 5.23. The number of methoxy groups -OCH3 is 2. The van der Waals surface area contributed by atoms with E-state index in [1.54, 1.807) is 14.2 Å². The predicted molar refractivity (Wildman–Crippen MR) is 83.8 cm³/mol. The zero-order valence-electron chi connectivity index (χ0n) is 12.7. The van der Waals surface area contributed by atoms with Crippen LogP contribution in [0.3, 0.4) is 0 Å². The number of aliphatic hydroxyl groups excluding tert-OH is 1. The van der Waals surface area contributed by atoms with Gasteiger partial charge in [0.25, 0.3) is 0 Å². The molecule has 2 aromatic carbocycles. The van der Waals surface area contributed by atoms with Crippen LogP contribution in [0.2, 0.25) is 0 Å². The highest BCUT2D eigenvalue weighted by molar-refractivity contribution is 5.43. The summed E-state index contributed by atoms with van der Waals surface area (Å²) in [5.74, 6) is 1.56. The third kappa shape index (κ3) is 3.76. The quantitative estimate of drug-likeness (QED) is 0.881. The Balaban J connectivity index is 2.10. The van der Waals surface area contributed by atoms with Gasteiger partial charge in [-0.05, 0) is 35.6 Å². The molecule has 0 saturated heterocycles. The number of rotatable bonds is 6. The molecule has 2 aromatic rings. The molecule has 0 aliphatic rings. The Morgan fingerprint density at radius 3 is 2.24 bits per heavy atom. The van der Waals surface area contributed by atoms with Gasteiger partial charge >= 0.3 is 0 Å². The summed E-state index contributed by atoms with van der Waals surface area (Å²) in [6, 6.07) is 15.6. The predicted octanol–water partition coefficient (Wildman–Crippen LogP) is 3.62. The van der Waals surface area contributed by atoms with E-state index in [2.05, 4.69) is 0 Å². The number of hydrogen-bond acceptors (Lipinski definition) is 3. The molecule has 0 spiro atoms. The van der Waals surface area contributed by atoms with Crippen molar-refractivity contribution in [3.05, 3.63) is 59.7 Å². The van der Waals surface area contributed by atoms with E-state index in [1.807, 2.05) is 55.5 Å². The molecule has 0 radical (unpaired) electrons. The molecular weight excluding hydrogens is 264 g/mol. The van der Waals surface area contributed by atoms with Crippen molar-refractivity contribution in [1.29, 1.82) is 0 Å². The molecule has 112 valence electrons. The highest BCUT2D eigenvalue weighted by atomic mass is 16.5. The monoisotopic (exact) mass is 286 g/mol. The average Bonchev–Trinajstić information content (AvgIpc) is 2.54. The van der Waals surface area contributed by atoms with Gasteiger partial charge in [-0.3, -0.25) is 0 Å². The topological polar surface area (TPSA) is 38.7 Å². The molecule has 0 heterocycles. The van der Waals surface area contributed by atoms with Gasteiger partial charge in [-0.2, -0.15) is 0 Å². The second-order valence-corrected chi connectivity index (χ2v) is 5.23. The van der Waals surface area contributed by atoms with Crippen LogP contribution in [0, 0.1) is 5.92 Å². The number of hydrogen-bond donors (Lipinski definition) is 1. The first-order chi connectivity index (χ1) is 10.2. The molecule has 2 unspecified atom stereocenters. The smallest absolute Gasteiger partial charge is 0.160 e. The van der Waals surface area contributed by atoms with Crippen molar-refractivity contribution < 1.29 is 14.6 Å². The minimum atomic E-state index is -0.473. The van der Waals surface area contributed by atoms with Crippen molar-refractivity contribution in [3.63, 3.8) is 0 Å². The third-order valence-corrected chi connectivity index (χ3v) is 3.69. The highest BCUT2D eigenvalue weighted by Gasteiger charge is 2.17. The van der Waals surface area contributed by atoms with Crippen LogP contribution in [0.4, 0.5) is 0 Å². The van der Waals surface area contributed by atoms with E-state index < -0.39 is 6.10 Å². The molecule has 2 rings (SSSR count). The van der Waals surface area contributed by atoms with E-state index in [1.165, 1.54) is 0 Å². The Bertz CT molecular complexity index is 566. The zero-order chi connectivity index (χ0) is 15.2. The largest absolute Gasteiger partial charge is 0.493 e. The molecule has 1 N–H and O–H groups in total. The number of aliphatic hydroxyl groups is 1. The Kier molecular flexibility index (Phi) is 5.23. The van der Waals surface area contributed by atoms with Gasteiger partial charge in [-0.25, -0.2) is 0 Å². The molecule has 2 atom stereocenters. The maximum absolute atomic E-state index is 10.4. The molecule has 3 nitrogen and oxygen atoms in total. The lowest BCUT2D eigenvalue weighted by Gasteiger charge is -2.20. The summed E-state index contributed by atoms with van der Waals surface area (Å²) in [4.78, 5) is 0. The first-order valence-electron chi connectivity index (χ1n) is 7.09. The molecular formula is C18H22O3. The summed E-state index contributed by atoms with van der Waals surface area (Å²) in [6.07, 6.45) is 0.301. The van der Waals surface area contributed by atoms with E-state index in [9.17, 15) is 5.11 Å². The van der Waals surface area contributed by atoms with Gasteiger partial charge in [0.15, 0.2) is 11.5 Å². The van der Waals surface area contributed by atoms with E-state index in [4.69, 9.17) is 9.47 Å². The average molecular weight is 286 g/mol. The molecule has 0 aromatic heterocycles. The summed E-state index contributed by atoms with van der Waals surface area (Å²) in [7, 11) is 3.25. The number of ether oxygens (including phenoxy) is 2. The third-order valence-electron chi connectivity index (χ3n) is 3.69. The maximum atomic E-state index is 10.4. The fraction of sp³-hybridized carbons (Fsp3) is 0.333. The van der Waals surface area contributed by atoms with E-state index >= 15 is 0 Å². The second kappa shape index (κ2) is 7.14. The van der Waals surface area contributed by atoms with Crippen molar-refractivity contribution in [2.24, 2.45) is 5.92 Å². The summed E-state index contributed by atoms with van der Waals surface area (Å²) in [5.41, 5.74) is 2.07. The lowest BCUT2D eigenvalue weighted by molar-refractivity contribution is 0.117.